The van der Waals surface area contributed by atoms with Crippen molar-refractivity contribution in [3.8, 4) is 0 Å². The van der Waals surface area contributed by atoms with Crippen LogP contribution in [0.3, 0.4) is 0 Å². The lowest BCUT2D eigenvalue weighted by molar-refractivity contribution is -0.126. The zero-order valence-corrected chi connectivity index (χ0v) is 16.7. The van der Waals surface area contributed by atoms with Gasteiger partial charge in [-0.05, 0) is 44.7 Å². The number of piperidine rings is 1. The van der Waals surface area contributed by atoms with Gasteiger partial charge in [-0.2, -0.15) is 4.31 Å². The molecule has 144 valence electrons. The summed E-state index contributed by atoms with van der Waals surface area (Å²) in [5.41, 5.74) is 2.64. The van der Waals surface area contributed by atoms with Crippen molar-refractivity contribution < 1.29 is 13.2 Å². The van der Waals surface area contributed by atoms with E-state index in [4.69, 9.17) is 0 Å². The Hall–Kier alpha value is -1.44. The molecule has 1 aromatic rings. The molecule has 0 spiro atoms. The van der Waals surface area contributed by atoms with Gasteiger partial charge >= 0.3 is 0 Å². The number of aryl methyl sites for hydroxylation is 3. The molecule has 0 bridgehead atoms. The summed E-state index contributed by atoms with van der Waals surface area (Å²) in [6, 6.07) is 3.82. The molecule has 2 N–H and O–H groups in total. The van der Waals surface area contributed by atoms with Crippen LogP contribution in [0.5, 0.6) is 0 Å². The Labute approximate surface area is 156 Å². The molecule has 0 aliphatic carbocycles. The van der Waals surface area contributed by atoms with E-state index in [-0.39, 0.29) is 11.8 Å². The normalized spacial score (nSPS) is 20.0. The Morgan fingerprint density at radius 1 is 1.15 bits per heavy atom. The van der Waals surface area contributed by atoms with Gasteiger partial charge in [0.25, 0.3) is 0 Å². The second kappa shape index (κ2) is 7.66. The molecule has 3 rings (SSSR count). The number of sulfonamides is 1. The summed E-state index contributed by atoms with van der Waals surface area (Å²) in [6.45, 7) is 9.12. The van der Waals surface area contributed by atoms with E-state index in [9.17, 15) is 13.2 Å². The molecular weight excluding hydrogens is 350 g/mol. The van der Waals surface area contributed by atoms with Crippen molar-refractivity contribution in [3.05, 3.63) is 28.8 Å². The highest BCUT2D eigenvalue weighted by Gasteiger charge is 2.33. The number of rotatable bonds is 5. The van der Waals surface area contributed by atoms with Crippen molar-refractivity contribution in [3.63, 3.8) is 0 Å². The van der Waals surface area contributed by atoms with Crippen molar-refractivity contribution in [2.75, 3.05) is 32.7 Å². The number of carbonyl (C=O) groups excluding carboxylic acids is 1. The summed E-state index contributed by atoms with van der Waals surface area (Å²) < 4.78 is 27.7. The van der Waals surface area contributed by atoms with Gasteiger partial charge in [0.05, 0.1) is 4.90 Å². The first-order chi connectivity index (χ1) is 12.3. The summed E-state index contributed by atoms with van der Waals surface area (Å²) in [4.78, 5) is 12.7. The Kier molecular flexibility index (Phi) is 5.69. The third kappa shape index (κ3) is 3.94. The van der Waals surface area contributed by atoms with Crippen LogP contribution in [0, 0.1) is 32.6 Å². The Morgan fingerprint density at radius 3 is 2.23 bits per heavy atom. The van der Waals surface area contributed by atoms with E-state index in [0.29, 0.717) is 43.3 Å². The topological polar surface area (TPSA) is 78.5 Å². The number of amides is 1. The quantitative estimate of drug-likeness (QED) is 0.809. The minimum Gasteiger partial charge on any atom is -0.355 e. The molecular formula is C19H29N3O3S. The van der Waals surface area contributed by atoms with Crippen molar-refractivity contribution in [2.45, 2.75) is 38.5 Å². The van der Waals surface area contributed by atoms with Crippen LogP contribution < -0.4 is 10.6 Å². The maximum atomic E-state index is 13.1. The van der Waals surface area contributed by atoms with Gasteiger partial charge in [-0.15, -0.1) is 0 Å². The predicted octanol–water partition coefficient (Wildman–Crippen LogP) is 1.35. The Morgan fingerprint density at radius 2 is 1.73 bits per heavy atom. The van der Waals surface area contributed by atoms with E-state index in [1.807, 2.05) is 32.9 Å². The second-order valence-corrected chi connectivity index (χ2v) is 9.55. The molecule has 6 nitrogen and oxygen atoms in total. The fourth-order valence-electron chi connectivity index (χ4n) is 3.94. The highest BCUT2D eigenvalue weighted by Crippen LogP contribution is 2.28. The fraction of sp³-hybridized carbons (Fsp3) is 0.632. The molecule has 1 aromatic carbocycles. The van der Waals surface area contributed by atoms with E-state index in [2.05, 4.69) is 10.6 Å². The maximum Gasteiger partial charge on any atom is 0.243 e. The van der Waals surface area contributed by atoms with Crippen LogP contribution in [0.15, 0.2) is 17.0 Å². The molecule has 0 saturated carbocycles. The molecule has 2 saturated heterocycles. The summed E-state index contributed by atoms with van der Waals surface area (Å²) in [7, 11) is -3.52. The standard InChI is InChI=1S/C19H29N3O3S/c1-13-8-14(2)18(15(3)9-13)26(24,25)22-6-4-17(5-7-22)19(23)21-12-16-10-20-11-16/h8-9,16-17,20H,4-7,10-12H2,1-3H3,(H,21,23). The number of nitrogens with zero attached hydrogens (tertiary/aromatic N) is 1. The molecule has 26 heavy (non-hydrogen) atoms. The molecule has 0 radical (unpaired) electrons. The highest BCUT2D eigenvalue weighted by molar-refractivity contribution is 7.89. The lowest BCUT2D eigenvalue weighted by Crippen LogP contribution is -2.50. The summed E-state index contributed by atoms with van der Waals surface area (Å²) in [5, 5.41) is 6.21. The van der Waals surface area contributed by atoms with Gasteiger partial charge in [-0.25, -0.2) is 8.42 Å². The van der Waals surface area contributed by atoms with Crippen molar-refractivity contribution in [1.82, 2.24) is 14.9 Å². The molecule has 2 fully saturated rings. The van der Waals surface area contributed by atoms with E-state index in [0.717, 1.165) is 29.8 Å². The van der Waals surface area contributed by atoms with E-state index < -0.39 is 10.0 Å². The number of carbonyl (C=O) groups is 1. The largest absolute Gasteiger partial charge is 0.355 e. The minimum atomic E-state index is -3.52. The molecule has 0 aromatic heterocycles. The third-order valence-corrected chi connectivity index (χ3v) is 7.66. The lowest BCUT2D eigenvalue weighted by atomic mass is 9.96. The average molecular weight is 380 g/mol. The lowest BCUT2D eigenvalue weighted by Gasteiger charge is -2.32. The van der Waals surface area contributed by atoms with Crippen LogP contribution >= 0.6 is 0 Å². The van der Waals surface area contributed by atoms with Crippen molar-refractivity contribution in [1.29, 1.82) is 0 Å². The van der Waals surface area contributed by atoms with Crippen molar-refractivity contribution >= 4 is 15.9 Å². The van der Waals surface area contributed by atoms with Gasteiger partial charge in [0.1, 0.15) is 0 Å². The smallest absolute Gasteiger partial charge is 0.243 e. The van der Waals surface area contributed by atoms with Gasteiger partial charge < -0.3 is 10.6 Å². The molecule has 7 heteroatoms. The molecule has 2 heterocycles. The van der Waals surface area contributed by atoms with Crippen LogP contribution in [0.4, 0.5) is 0 Å². The third-order valence-electron chi connectivity index (χ3n) is 5.46. The van der Waals surface area contributed by atoms with Gasteiger partial charge in [-0.1, -0.05) is 17.7 Å². The zero-order chi connectivity index (χ0) is 18.9. The number of benzene rings is 1. The second-order valence-electron chi connectivity index (χ2n) is 7.68. The Bertz CT molecular complexity index is 756. The number of nitrogens with one attached hydrogen (secondary N) is 2. The van der Waals surface area contributed by atoms with E-state index in [1.165, 1.54) is 4.31 Å². The molecule has 2 aliphatic heterocycles. The number of hydrogen-bond donors (Lipinski definition) is 2. The first kappa shape index (κ1) is 19.3. The molecule has 1 amide bonds. The van der Waals surface area contributed by atoms with Gasteiger partial charge in [0.2, 0.25) is 15.9 Å². The first-order valence-electron chi connectivity index (χ1n) is 9.35. The highest BCUT2D eigenvalue weighted by atomic mass is 32.2. The SMILES string of the molecule is Cc1cc(C)c(S(=O)(=O)N2CCC(C(=O)NCC3CNC3)CC2)c(C)c1. The molecule has 0 unspecified atom stereocenters. The zero-order valence-electron chi connectivity index (χ0n) is 15.8. The van der Waals surface area contributed by atoms with Crippen LogP contribution in [-0.4, -0.2) is 51.4 Å². The van der Waals surface area contributed by atoms with Gasteiger partial charge in [0, 0.05) is 44.6 Å². The van der Waals surface area contributed by atoms with Crippen LogP contribution in [0.1, 0.15) is 29.5 Å². The molecule has 0 atom stereocenters. The number of hydrogen-bond acceptors (Lipinski definition) is 4. The minimum absolute atomic E-state index is 0.0663. The summed E-state index contributed by atoms with van der Waals surface area (Å²) in [6.07, 6.45) is 1.16. The Balaban J connectivity index is 1.62. The summed E-state index contributed by atoms with van der Waals surface area (Å²) >= 11 is 0. The van der Waals surface area contributed by atoms with Crippen LogP contribution in [0.2, 0.25) is 0 Å². The van der Waals surface area contributed by atoms with Gasteiger partial charge in [-0.3, -0.25) is 4.79 Å². The molecule has 2 aliphatic rings. The van der Waals surface area contributed by atoms with Crippen LogP contribution in [0.25, 0.3) is 0 Å². The first-order valence-corrected chi connectivity index (χ1v) is 10.8. The van der Waals surface area contributed by atoms with Crippen molar-refractivity contribution in [2.24, 2.45) is 11.8 Å². The monoisotopic (exact) mass is 379 g/mol. The fourth-order valence-corrected chi connectivity index (χ4v) is 5.82. The summed E-state index contributed by atoms with van der Waals surface area (Å²) in [5.74, 6) is 0.512. The average Bonchev–Trinajstić information content (AvgIpc) is 2.52. The van der Waals surface area contributed by atoms with E-state index >= 15 is 0 Å². The van der Waals surface area contributed by atoms with Gasteiger partial charge in [0.15, 0.2) is 0 Å². The predicted molar refractivity (Wildman–Crippen MR) is 102 cm³/mol. The van der Waals surface area contributed by atoms with Crippen LogP contribution in [-0.2, 0) is 14.8 Å². The maximum absolute atomic E-state index is 13.1. The van der Waals surface area contributed by atoms with E-state index in [1.54, 1.807) is 0 Å².